The predicted octanol–water partition coefficient (Wildman–Crippen LogP) is 2.76. The quantitative estimate of drug-likeness (QED) is 0.782. The van der Waals surface area contributed by atoms with Gasteiger partial charge in [0.1, 0.15) is 0 Å². The number of rotatable bonds is 5. The molecule has 124 valence electrons. The van der Waals surface area contributed by atoms with Crippen LogP contribution in [0.3, 0.4) is 0 Å². The molecule has 0 fully saturated rings. The van der Waals surface area contributed by atoms with Crippen LogP contribution in [-0.2, 0) is 0 Å². The van der Waals surface area contributed by atoms with Gasteiger partial charge < -0.3 is 15.2 Å². The minimum Gasteiger partial charge on any atom is -0.493 e. The number of ether oxygens (including phenoxy) is 2. The van der Waals surface area contributed by atoms with E-state index in [1.54, 1.807) is 18.9 Å². The van der Waals surface area contributed by atoms with Crippen molar-refractivity contribution in [2.75, 3.05) is 14.2 Å². The third-order valence-corrected chi connectivity index (χ3v) is 4.10. The average Bonchev–Trinajstić information content (AvgIpc) is 3.00. The number of amides is 1. The number of carbonyl (C=O) groups is 1. The zero-order valence-electron chi connectivity index (χ0n) is 13.8. The molecule has 1 unspecified atom stereocenters. The topological polar surface area (TPSA) is 79.4 Å². The van der Waals surface area contributed by atoms with Crippen molar-refractivity contribution in [3.05, 3.63) is 53.7 Å². The maximum Gasteiger partial charge on any atom is 0.269 e. The van der Waals surface area contributed by atoms with Gasteiger partial charge in [0.15, 0.2) is 17.2 Å². The summed E-state index contributed by atoms with van der Waals surface area (Å²) in [5.74, 6) is 0.773. The van der Waals surface area contributed by atoms with Crippen molar-refractivity contribution in [2.45, 2.75) is 13.0 Å². The van der Waals surface area contributed by atoms with Crippen LogP contribution in [0.25, 0.3) is 10.9 Å². The molecule has 1 amide bonds. The van der Waals surface area contributed by atoms with Crippen molar-refractivity contribution in [3.8, 4) is 11.5 Å². The summed E-state index contributed by atoms with van der Waals surface area (Å²) < 4.78 is 12.4. The molecule has 0 saturated heterocycles. The molecule has 3 aromatic rings. The van der Waals surface area contributed by atoms with Gasteiger partial charge in [-0.15, -0.1) is 0 Å². The van der Waals surface area contributed by atoms with Gasteiger partial charge in [-0.2, -0.15) is 5.10 Å². The Labute approximate surface area is 139 Å². The lowest BCUT2D eigenvalue weighted by Crippen LogP contribution is -2.14. The standard InChI is InChI=1S/C18H19N3O3/c1-11(12-8-9-15(23-2)16(10-12)24-3)21-14-7-5-4-6-13(14)17(20-21)18(19)22/h4-11H,1-3H3,(H2,19,22). The minimum atomic E-state index is -0.538. The monoisotopic (exact) mass is 325 g/mol. The van der Waals surface area contributed by atoms with Crippen molar-refractivity contribution in [1.82, 2.24) is 9.78 Å². The maximum absolute atomic E-state index is 11.7. The van der Waals surface area contributed by atoms with E-state index in [0.29, 0.717) is 11.5 Å². The number of nitrogens with zero attached hydrogens (tertiary/aromatic N) is 2. The van der Waals surface area contributed by atoms with Crippen LogP contribution in [0.1, 0.15) is 29.0 Å². The Morgan fingerprint density at radius 1 is 1.12 bits per heavy atom. The third-order valence-electron chi connectivity index (χ3n) is 4.10. The smallest absolute Gasteiger partial charge is 0.269 e. The maximum atomic E-state index is 11.7. The van der Waals surface area contributed by atoms with Gasteiger partial charge >= 0.3 is 0 Å². The van der Waals surface area contributed by atoms with Crippen molar-refractivity contribution in [3.63, 3.8) is 0 Å². The van der Waals surface area contributed by atoms with E-state index < -0.39 is 5.91 Å². The third kappa shape index (κ3) is 2.56. The number of hydrogen-bond acceptors (Lipinski definition) is 4. The molecule has 3 rings (SSSR count). The second kappa shape index (κ2) is 6.23. The summed E-state index contributed by atoms with van der Waals surface area (Å²) in [6.45, 7) is 2.01. The van der Waals surface area contributed by atoms with Gasteiger partial charge in [0.25, 0.3) is 5.91 Å². The Morgan fingerprint density at radius 2 is 1.83 bits per heavy atom. The van der Waals surface area contributed by atoms with Crippen LogP contribution >= 0.6 is 0 Å². The van der Waals surface area contributed by atoms with Gasteiger partial charge in [-0.3, -0.25) is 9.48 Å². The lowest BCUT2D eigenvalue weighted by Gasteiger charge is -2.16. The molecule has 0 saturated carbocycles. The van der Waals surface area contributed by atoms with Crippen molar-refractivity contribution >= 4 is 16.8 Å². The summed E-state index contributed by atoms with van der Waals surface area (Å²) in [5.41, 5.74) is 7.58. The van der Waals surface area contributed by atoms with E-state index >= 15 is 0 Å². The van der Waals surface area contributed by atoms with Crippen LogP contribution in [0.5, 0.6) is 11.5 Å². The van der Waals surface area contributed by atoms with Crippen LogP contribution in [-0.4, -0.2) is 29.9 Å². The number of para-hydroxylation sites is 1. The highest BCUT2D eigenvalue weighted by Crippen LogP contribution is 2.32. The van der Waals surface area contributed by atoms with E-state index in [-0.39, 0.29) is 11.7 Å². The molecule has 1 heterocycles. The molecule has 1 aromatic heterocycles. The van der Waals surface area contributed by atoms with E-state index in [0.717, 1.165) is 16.5 Å². The molecule has 0 spiro atoms. The van der Waals surface area contributed by atoms with E-state index in [9.17, 15) is 4.79 Å². The zero-order valence-corrected chi connectivity index (χ0v) is 13.8. The number of fused-ring (bicyclic) bond motifs is 1. The molecule has 6 heteroatoms. The highest BCUT2D eigenvalue weighted by atomic mass is 16.5. The first-order valence-electron chi connectivity index (χ1n) is 7.55. The van der Waals surface area contributed by atoms with Crippen LogP contribution < -0.4 is 15.2 Å². The normalized spacial score (nSPS) is 12.1. The lowest BCUT2D eigenvalue weighted by molar-refractivity contribution is 0.0996. The highest BCUT2D eigenvalue weighted by Gasteiger charge is 2.19. The highest BCUT2D eigenvalue weighted by molar-refractivity contribution is 6.04. The Morgan fingerprint density at radius 3 is 2.50 bits per heavy atom. The van der Waals surface area contributed by atoms with Gasteiger partial charge in [-0.05, 0) is 30.7 Å². The second-order valence-electron chi connectivity index (χ2n) is 5.46. The molecule has 24 heavy (non-hydrogen) atoms. The van der Waals surface area contributed by atoms with Crippen molar-refractivity contribution in [2.24, 2.45) is 5.73 Å². The fraction of sp³-hybridized carbons (Fsp3) is 0.222. The predicted molar refractivity (Wildman–Crippen MR) is 91.6 cm³/mol. The number of nitrogens with two attached hydrogens (primary N) is 1. The number of hydrogen-bond donors (Lipinski definition) is 1. The summed E-state index contributed by atoms with van der Waals surface area (Å²) in [6, 6.07) is 13.1. The van der Waals surface area contributed by atoms with E-state index in [1.165, 1.54) is 0 Å². The first kappa shape index (κ1) is 15.9. The van der Waals surface area contributed by atoms with Gasteiger partial charge in [0.2, 0.25) is 0 Å². The number of carbonyl (C=O) groups excluding carboxylic acids is 1. The van der Waals surface area contributed by atoms with Crippen molar-refractivity contribution in [1.29, 1.82) is 0 Å². The average molecular weight is 325 g/mol. The fourth-order valence-corrected chi connectivity index (χ4v) is 2.82. The molecule has 2 aromatic carbocycles. The lowest BCUT2D eigenvalue weighted by atomic mass is 10.1. The molecular weight excluding hydrogens is 306 g/mol. The summed E-state index contributed by atoms with van der Waals surface area (Å²) in [6.07, 6.45) is 0. The largest absolute Gasteiger partial charge is 0.493 e. The number of benzene rings is 2. The van der Waals surface area contributed by atoms with Crippen LogP contribution in [0.4, 0.5) is 0 Å². The minimum absolute atomic E-state index is 0.109. The van der Waals surface area contributed by atoms with E-state index in [4.69, 9.17) is 15.2 Å². The Hall–Kier alpha value is -3.02. The van der Waals surface area contributed by atoms with Gasteiger partial charge in [-0.1, -0.05) is 24.3 Å². The van der Waals surface area contributed by atoms with Gasteiger partial charge in [-0.25, -0.2) is 0 Å². The number of aromatic nitrogens is 2. The molecule has 0 bridgehead atoms. The Kier molecular flexibility index (Phi) is 4.12. The molecule has 0 aliphatic heterocycles. The molecular formula is C18H19N3O3. The summed E-state index contributed by atoms with van der Waals surface area (Å²) in [5, 5.41) is 5.18. The molecule has 0 aliphatic carbocycles. The van der Waals surface area contributed by atoms with Gasteiger partial charge in [0, 0.05) is 5.39 Å². The first-order chi connectivity index (χ1) is 11.6. The Bertz CT molecular complexity index is 902. The van der Waals surface area contributed by atoms with E-state index in [2.05, 4.69) is 5.10 Å². The molecule has 0 aliphatic rings. The summed E-state index contributed by atoms with van der Waals surface area (Å²) in [7, 11) is 3.20. The first-order valence-corrected chi connectivity index (χ1v) is 7.55. The van der Waals surface area contributed by atoms with Crippen LogP contribution in [0.15, 0.2) is 42.5 Å². The molecule has 6 nitrogen and oxygen atoms in total. The van der Waals surface area contributed by atoms with Crippen molar-refractivity contribution < 1.29 is 14.3 Å². The summed E-state index contributed by atoms with van der Waals surface area (Å²) in [4.78, 5) is 11.7. The molecule has 0 radical (unpaired) electrons. The summed E-state index contributed by atoms with van der Waals surface area (Å²) >= 11 is 0. The second-order valence-corrected chi connectivity index (χ2v) is 5.46. The molecule has 2 N–H and O–H groups in total. The van der Waals surface area contributed by atoms with E-state index in [1.807, 2.05) is 49.4 Å². The molecule has 1 atom stereocenters. The van der Waals surface area contributed by atoms with Crippen LogP contribution in [0, 0.1) is 0 Å². The number of methoxy groups -OCH3 is 2. The fourth-order valence-electron chi connectivity index (χ4n) is 2.82. The van der Waals surface area contributed by atoms with Crippen LogP contribution in [0.2, 0.25) is 0 Å². The Balaban J connectivity index is 2.12. The zero-order chi connectivity index (χ0) is 17.3. The SMILES string of the molecule is COc1ccc(C(C)n2nc(C(N)=O)c3ccccc32)cc1OC. The van der Waals surface area contributed by atoms with Gasteiger partial charge in [0.05, 0.1) is 25.8 Å². The number of primary amides is 1.